The number of carbonyl (C=O) groups is 1. The molecule has 2 unspecified atom stereocenters. The number of ether oxygens (including phenoxy) is 2. The monoisotopic (exact) mass is 220 g/mol. The molecule has 1 aliphatic rings. The van der Waals surface area contributed by atoms with Gasteiger partial charge in [-0.25, -0.2) is 0 Å². The van der Waals surface area contributed by atoms with Crippen LogP contribution >= 0.6 is 0 Å². The van der Waals surface area contributed by atoms with Crippen molar-refractivity contribution < 1.29 is 14.3 Å². The van der Waals surface area contributed by atoms with Crippen LogP contribution in [0.2, 0.25) is 0 Å². The van der Waals surface area contributed by atoms with Crippen molar-refractivity contribution in [3.8, 4) is 5.75 Å². The summed E-state index contributed by atoms with van der Waals surface area (Å²) in [5.74, 6) is 0.930. The lowest BCUT2D eigenvalue weighted by Gasteiger charge is -2.26. The third-order valence-electron chi connectivity index (χ3n) is 2.99. The quantitative estimate of drug-likeness (QED) is 0.733. The van der Waals surface area contributed by atoms with Gasteiger partial charge in [-0.1, -0.05) is 12.1 Å². The molecule has 1 heterocycles. The first-order valence-corrected chi connectivity index (χ1v) is 5.54. The summed E-state index contributed by atoms with van der Waals surface area (Å²) in [4.78, 5) is 10.6. The third kappa shape index (κ3) is 2.42. The second kappa shape index (κ2) is 5.12. The van der Waals surface area contributed by atoms with E-state index in [1.807, 2.05) is 24.3 Å². The fourth-order valence-corrected chi connectivity index (χ4v) is 1.96. The van der Waals surface area contributed by atoms with E-state index in [-0.39, 0.29) is 12.0 Å². The fourth-order valence-electron chi connectivity index (χ4n) is 1.96. The van der Waals surface area contributed by atoms with Crippen molar-refractivity contribution in [3.63, 3.8) is 0 Å². The van der Waals surface area contributed by atoms with Crippen LogP contribution in [0.5, 0.6) is 5.75 Å². The van der Waals surface area contributed by atoms with Crippen LogP contribution in [0, 0.1) is 5.92 Å². The van der Waals surface area contributed by atoms with Crippen LogP contribution in [0.3, 0.4) is 0 Å². The molecule has 0 amide bonds. The van der Waals surface area contributed by atoms with E-state index in [1.54, 1.807) is 7.11 Å². The van der Waals surface area contributed by atoms with Gasteiger partial charge in [-0.3, -0.25) is 0 Å². The summed E-state index contributed by atoms with van der Waals surface area (Å²) in [6.45, 7) is 0.542. The number of carbonyl (C=O) groups excluding carboxylic acids is 1. The van der Waals surface area contributed by atoms with Gasteiger partial charge >= 0.3 is 0 Å². The Morgan fingerprint density at radius 3 is 2.56 bits per heavy atom. The van der Waals surface area contributed by atoms with Gasteiger partial charge in [0.15, 0.2) is 0 Å². The van der Waals surface area contributed by atoms with Gasteiger partial charge in [-0.15, -0.1) is 0 Å². The van der Waals surface area contributed by atoms with Crippen LogP contribution in [-0.4, -0.2) is 20.0 Å². The lowest BCUT2D eigenvalue weighted by molar-refractivity contribution is -0.117. The summed E-state index contributed by atoms with van der Waals surface area (Å²) in [7, 11) is 1.65. The van der Waals surface area contributed by atoms with E-state index in [0.717, 1.165) is 30.4 Å². The average Bonchev–Trinajstić information content (AvgIpc) is 2.39. The lowest BCUT2D eigenvalue weighted by Crippen LogP contribution is -2.21. The van der Waals surface area contributed by atoms with Crippen LogP contribution in [-0.2, 0) is 9.53 Å². The zero-order valence-corrected chi connectivity index (χ0v) is 9.39. The van der Waals surface area contributed by atoms with Gasteiger partial charge in [0.1, 0.15) is 12.0 Å². The number of hydrogen-bond donors (Lipinski definition) is 0. The van der Waals surface area contributed by atoms with E-state index in [9.17, 15) is 4.79 Å². The molecule has 2 atom stereocenters. The molecule has 1 aliphatic heterocycles. The SMILES string of the molecule is COc1ccc(C2CCC(C=O)CO2)cc1. The fraction of sp³-hybridized carbons (Fsp3) is 0.462. The molecule has 3 nitrogen and oxygen atoms in total. The predicted octanol–water partition coefficient (Wildman–Crippen LogP) is 2.36. The maximum Gasteiger partial charge on any atom is 0.125 e. The molecule has 0 radical (unpaired) electrons. The number of rotatable bonds is 3. The Balaban J connectivity index is 1.99. The highest BCUT2D eigenvalue weighted by atomic mass is 16.5. The molecule has 1 aromatic rings. The van der Waals surface area contributed by atoms with E-state index in [1.165, 1.54) is 0 Å². The van der Waals surface area contributed by atoms with Gasteiger partial charge in [0.25, 0.3) is 0 Å². The normalized spacial score (nSPS) is 25.1. The molecule has 1 saturated heterocycles. The highest BCUT2D eigenvalue weighted by Crippen LogP contribution is 2.30. The second-order valence-corrected chi connectivity index (χ2v) is 4.07. The second-order valence-electron chi connectivity index (χ2n) is 4.07. The topological polar surface area (TPSA) is 35.5 Å². The molecule has 2 rings (SSSR count). The molecule has 0 aliphatic carbocycles. The van der Waals surface area contributed by atoms with Crippen molar-refractivity contribution in [2.45, 2.75) is 18.9 Å². The molecule has 1 aromatic carbocycles. The Labute approximate surface area is 95.4 Å². The van der Waals surface area contributed by atoms with Crippen molar-refractivity contribution in [2.24, 2.45) is 5.92 Å². The standard InChI is InChI=1S/C13H16O3/c1-15-12-5-3-11(4-6-12)13-7-2-10(8-14)9-16-13/h3-6,8,10,13H,2,7,9H2,1H3. The number of hydrogen-bond acceptors (Lipinski definition) is 3. The van der Waals surface area contributed by atoms with E-state index < -0.39 is 0 Å². The molecule has 0 aromatic heterocycles. The minimum atomic E-state index is 0.0782. The molecule has 0 bridgehead atoms. The Morgan fingerprint density at radius 2 is 2.06 bits per heavy atom. The van der Waals surface area contributed by atoms with Crippen molar-refractivity contribution in [1.29, 1.82) is 0 Å². The zero-order chi connectivity index (χ0) is 11.4. The van der Waals surface area contributed by atoms with Gasteiger partial charge in [-0.2, -0.15) is 0 Å². The Morgan fingerprint density at radius 1 is 1.31 bits per heavy atom. The maximum atomic E-state index is 10.6. The van der Waals surface area contributed by atoms with E-state index in [2.05, 4.69) is 0 Å². The third-order valence-corrected chi connectivity index (χ3v) is 2.99. The summed E-state index contributed by atoms with van der Waals surface area (Å²) in [5.41, 5.74) is 1.16. The van der Waals surface area contributed by atoms with Crippen molar-refractivity contribution in [1.82, 2.24) is 0 Å². The molecule has 16 heavy (non-hydrogen) atoms. The van der Waals surface area contributed by atoms with E-state index in [4.69, 9.17) is 9.47 Å². The van der Waals surface area contributed by atoms with Gasteiger partial charge in [0.2, 0.25) is 0 Å². The summed E-state index contributed by atoms with van der Waals surface area (Å²) >= 11 is 0. The Bertz CT molecular complexity index is 337. The summed E-state index contributed by atoms with van der Waals surface area (Å²) in [6, 6.07) is 7.91. The van der Waals surface area contributed by atoms with Gasteiger partial charge in [-0.05, 0) is 30.5 Å². The first kappa shape index (κ1) is 11.1. The summed E-state index contributed by atoms with van der Waals surface area (Å²) in [5, 5.41) is 0. The smallest absolute Gasteiger partial charge is 0.125 e. The van der Waals surface area contributed by atoms with Crippen LogP contribution in [0.25, 0.3) is 0 Å². The van der Waals surface area contributed by atoms with Crippen LogP contribution in [0.4, 0.5) is 0 Å². The maximum absolute atomic E-state index is 10.6. The Hall–Kier alpha value is -1.35. The van der Waals surface area contributed by atoms with Crippen molar-refractivity contribution in [2.75, 3.05) is 13.7 Å². The molecule has 1 fully saturated rings. The zero-order valence-electron chi connectivity index (χ0n) is 9.39. The van der Waals surface area contributed by atoms with Crippen LogP contribution in [0.15, 0.2) is 24.3 Å². The first-order chi connectivity index (χ1) is 7.83. The number of methoxy groups -OCH3 is 1. The predicted molar refractivity (Wildman–Crippen MR) is 60.5 cm³/mol. The molecule has 0 spiro atoms. The molecular weight excluding hydrogens is 204 g/mol. The number of aldehydes is 1. The minimum absolute atomic E-state index is 0.0782. The van der Waals surface area contributed by atoms with Gasteiger partial charge in [0, 0.05) is 5.92 Å². The highest BCUT2D eigenvalue weighted by molar-refractivity contribution is 5.53. The molecular formula is C13H16O3. The molecule has 86 valence electrons. The first-order valence-electron chi connectivity index (χ1n) is 5.54. The molecule has 3 heteroatoms. The highest BCUT2D eigenvalue weighted by Gasteiger charge is 2.22. The van der Waals surface area contributed by atoms with Crippen molar-refractivity contribution in [3.05, 3.63) is 29.8 Å². The lowest BCUT2D eigenvalue weighted by atomic mass is 9.96. The average molecular weight is 220 g/mol. The van der Waals surface area contributed by atoms with E-state index >= 15 is 0 Å². The van der Waals surface area contributed by atoms with Crippen LogP contribution in [0.1, 0.15) is 24.5 Å². The largest absolute Gasteiger partial charge is 0.497 e. The minimum Gasteiger partial charge on any atom is -0.497 e. The number of benzene rings is 1. The van der Waals surface area contributed by atoms with Gasteiger partial charge in [0.05, 0.1) is 19.8 Å². The summed E-state index contributed by atoms with van der Waals surface area (Å²) < 4.78 is 10.8. The van der Waals surface area contributed by atoms with E-state index in [0.29, 0.717) is 6.61 Å². The van der Waals surface area contributed by atoms with Crippen molar-refractivity contribution >= 4 is 6.29 Å². The Kier molecular flexibility index (Phi) is 3.57. The molecule has 0 saturated carbocycles. The molecule has 0 N–H and O–H groups in total. The van der Waals surface area contributed by atoms with Crippen LogP contribution < -0.4 is 4.74 Å². The summed E-state index contributed by atoms with van der Waals surface area (Å²) in [6.07, 6.45) is 2.95. The van der Waals surface area contributed by atoms with Gasteiger partial charge < -0.3 is 14.3 Å².